The summed E-state index contributed by atoms with van der Waals surface area (Å²) in [5.41, 5.74) is 9.13. The average molecular weight is 481 g/mol. The predicted molar refractivity (Wildman–Crippen MR) is 121 cm³/mol. The van der Waals surface area contributed by atoms with Crippen molar-refractivity contribution in [2.45, 2.75) is 45.3 Å². The molecule has 3 rings (SSSR count). The van der Waals surface area contributed by atoms with Gasteiger partial charge in [0.15, 0.2) is 17.5 Å². The number of ether oxygens (including phenoxy) is 2. The maximum absolute atomic E-state index is 6.24. The fraction of sp³-hybridized carbons (Fsp3) is 0.381. The van der Waals surface area contributed by atoms with Crippen LogP contribution in [0.15, 0.2) is 47.5 Å². The van der Waals surface area contributed by atoms with Gasteiger partial charge in [-0.1, -0.05) is 24.3 Å². The Morgan fingerprint density at radius 3 is 2.63 bits per heavy atom. The Kier molecular flexibility index (Phi) is 8.22. The molecule has 1 aliphatic carbocycles. The van der Waals surface area contributed by atoms with Crippen molar-refractivity contribution in [2.75, 3.05) is 12.4 Å². The second-order valence-corrected chi connectivity index (χ2v) is 6.67. The van der Waals surface area contributed by atoms with Gasteiger partial charge in [-0.2, -0.15) is 0 Å². The topological polar surface area (TPSA) is 68.9 Å². The molecule has 1 fully saturated rings. The molecule has 2 aromatic carbocycles. The van der Waals surface area contributed by atoms with Gasteiger partial charge in [-0.05, 0) is 56.4 Å². The third-order valence-electron chi connectivity index (χ3n) is 4.58. The average Bonchev–Trinajstić information content (AvgIpc) is 3.14. The van der Waals surface area contributed by atoms with E-state index in [0.717, 1.165) is 35.6 Å². The van der Waals surface area contributed by atoms with E-state index in [2.05, 4.69) is 10.3 Å². The number of nitrogens with zero attached hydrogens (tertiary/aromatic N) is 1. The highest BCUT2D eigenvalue weighted by Gasteiger charge is 2.20. The van der Waals surface area contributed by atoms with Gasteiger partial charge in [0, 0.05) is 11.3 Å². The van der Waals surface area contributed by atoms with E-state index in [-0.39, 0.29) is 30.1 Å². The molecule has 1 saturated carbocycles. The third-order valence-corrected chi connectivity index (χ3v) is 4.58. The summed E-state index contributed by atoms with van der Waals surface area (Å²) < 4.78 is 11.7. The molecule has 6 heteroatoms. The maximum Gasteiger partial charge on any atom is 0.193 e. The minimum Gasteiger partial charge on any atom is -0.493 e. The molecule has 5 nitrogen and oxygen atoms in total. The molecule has 0 amide bonds. The van der Waals surface area contributed by atoms with E-state index < -0.39 is 0 Å². The highest BCUT2D eigenvalue weighted by Crippen LogP contribution is 2.35. The highest BCUT2D eigenvalue weighted by atomic mass is 127. The lowest BCUT2D eigenvalue weighted by Crippen LogP contribution is -2.22. The van der Waals surface area contributed by atoms with Gasteiger partial charge in [0.1, 0.15) is 0 Å². The number of nitrogens with one attached hydrogen (secondary N) is 1. The number of methoxy groups -OCH3 is 1. The molecule has 2 aromatic rings. The van der Waals surface area contributed by atoms with E-state index in [0.29, 0.717) is 12.5 Å². The number of nitrogens with two attached hydrogens (primary N) is 1. The molecule has 0 unspecified atom stereocenters. The fourth-order valence-corrected chi connectivity index (χ4v) is 3.23. The van der Waals surface area contributed by atoms with Gasteiger partial charge in [-0.15, -0.1) is 24.0 Å². The van der Waals surface area contributed by atoms with E-state index in [1.807, 2.05) is 49.4 Å². The fourth-order valence-electron chi connectivity index (χ4n) is 3.23. The monoisotopic (exact) mass is 481 g/mol. The Morgan fingerprint density at radius 1 is 1.19 bits per heavy atom. The SMILES string of the molecule is COc1cccc(CN=C(N)Nc2cccc(C)c2)c1OC1CCCC1.I. The van der Waals surface area contributed by atoms with Crippen LogP contribution in [0.4, 0.5) is 5.69 Å². The number of anilines is 1. The molecule has 0 heterocycles. The lowest BCUT2D eigenvalue weighted by molar-refractivity contribution is 0.198. The molecular formula is C21H28IN3O2. The summed E-state index contributed by atoms with van der Waals surface area (Å²) in [6.45, 7) is 2.48. The van der Waals surface area contributed by atoms with Crippen molar-refractivity contribution < 1.29 is 9.47 Å². The number of aliphatic imine (C=N–C) groups is 1. The number of para-hydroxylation sites is 1. The Morgan fingerprint density at radius 2 is 1.93 bits per heavy atom. The van der Waals surface area contributed by atoms with Crippen LogP contribution in [0.1, 0.15) is 36.8 Å². The number of benzene rings is 2. The minimum absolute atomic E-state index is 0. The Balaban J connectivity index is 0.00000261. The number of hydrogen-bond donors (Lipinski definition) is 2. The largest absolute Gasteiger partial charge is 0.493 e. The Hall–Kier alpha value is -1.96. The van der Waals surface area contributed by atoms with Crippen LogP contribution in [0.25, 0.3) is 0 Å². The summed E-state index contributed by atoms with van der Waals surface area (Å²) >= 11 is 0. The second kappa shape index (κ2) is 10.4. The number of halogens is 1. The second-order valence-electron chi connectivity index (χ2n) is 6.67. The molecule has 0 aliphatic heterocycles. The number of aryl methyl sites for hydroxylation is 1. The van der Waals surface area contributed by atoms with Gasteiger partial charge >= 0.3 is 0 Å². The van der Waals surface area contributed by atoms with Gasteiger partial charge in [0.25, 0.3) is 0 Å². The van der Waals surface area contributed by atoms with E-state index in [9.17, 15) is 0 Å². The lowest BCUT2D eigenvalue weighted by Gasteiger charge is -2.18. The molecule has 27 heavy (non-hydrogen) atoms. The number of hydrogen-bond acceptors (Lipinski definition) is 3. The number of rotatable bonds is 6. The lowest BCUT2D eigenvalue weighted by atomic mass is 10.1. The van der Waals surface area contributed by atoms with Crippen LogP contribution in [0.2, 0.25) is 0 Å². The smallest absolute Gasteiger partial charge is 0.193 e. The van der Waals surface area contributed by atoms with Crippen molar-refractivity contribution in [1.29, 1.82) is 0 Å². The molecule has 146 valence electrons. The first kappa shape index (κ1) is 21.3. The van der Waals surface area contributed by atoms with Crippen LogP contribution in [0.3, 0.4) is 0 Å². The molecular weight excluding hydrogens is 453 g/mol. The van der Waals surface area contributed by atoms with Gasteiger partial charge in [-0.25, -0.2) is 4.99 Å². The molecule has 1 aliphatic rings. The van der Waals surface area contributed by atoms with Crippen LogP contribution in [0.5, 0.6) is 11.5 Å². The molecule has 0 atom stereocenters. The van der Waals surface area contributed by atoms with Crippen LogP contribution in [0, 0.1) is 6.92 Å². The number of guanidine groups is 1. The predicted octanol–water partition coefficient (Wildman–Crippen LogP) is 4.87. The molecule has 0 aromatic heterocycles. The van der Waals surface area contributed by atoms with Gasteiger partial charge in [-0.3, -0.25) is 0 Å². The highest BCUT2D eigenvalue weighted by molar-refractivity contribution is 14.0. The summed E-state index contributed by atoms with van der Waals surface area (Å²) in [7, 11) is 1.66. The molecule has 0 radical (unpaired) electrons. The standard InChI is InChI=1S/C21H27N3O2.HI/c1-15-7-5-9-17(13-15)24-21(22)23-14-16-8-6-12-19(25-2)20(16)26-18-10-3-4-11-18;/h5-9,12-13,18H,3-4,10-11,14H2,1-2H3,(H3,22,23,24);1H. The zero-order chi connectivity index (χ0) is 18.4. The normalized spacial score (nSPS) is 14.5. The zero-order valence-electron chi connectivity index (χ0n) is 15.9. The Bertz CT molecular complexity index is 774. The van der Waals surface area contributed by atoms with Gasteiger partial charge in [0.05, 0.1) is 19.8 Å². The van der Waals surface area contributed by atoms with Crippen LogP contribution in [-0.2, 0) is 6.54 Å². The summed E-state index contributed by atoms with van der Waals surface area (Å²) in [6, 6.07) is 13.9. The zero-order valence-corrected chi connectivity index (χ0v) is 18.2. The molecule has 3 N–H and O–H groups in total. The minimum atomic E-state index is 0. The third kappa shape index (κ3) is 6.02. The van der Waals surface area contributed by atoms with Gasteiger partial charge < -0.3 is 20.5 Å². The van der Waals surface area contributed by atoms with Crippen LogP contribution in [-0.4, -0.2) is 19.2 Å². The van der Waals surface area contributed by atoms with Crippen molar-refractivity contribution in [3.63, 3.8) is 0 Å². The van der Waals surface area contributed by atoms with Crippen molar-refractivity contribution in [3.05, 3.63) is 53.6 Å². The van der Waals surface area contributed by atoms with Crippen molar-refractivity contribution >= 4 is 35.6 Å². The quantitative estimate of drug-likeness (QED) is 0.351. The molecule has 0 saturated heterocycles. The molecule has 0 spiro atoms. The Labute approximate surface area is 178 Å². The van der Waals surface area contributed by atoms with Crippen molar-refractivity contribution in [3.8, 4) is 11.5 Å². The maximum atomic E-state index is 6.24. The van der Waals surface area contributed by atoms with E-state index in [1.54, 1.807) is 7.11 Å². The summed E-state index contributed by atoms with van der Waals surface area (Å²) in [6.07, 6.45) is 4.90. The van der Waals surface area contributed by atoms with E-state index in [1.165, 1.54) is 18.4 Å². The summed E-state index contributed by atoms with van der Waals surface area (Å²) in [4.78, 5) is 4.48. The van der Waals surface area contributed by atoms with Crippen LogP contribution >= 0.6 is 24.0 Å². The van der Waals surface area contributed by atoms with E-state index >= 15 is 0 Å². The summed E-state index contributed by atoms with van der Waals surface area (Å²) in [5.74, 6) is 1.91. The van der Waals surface area contributed by atoms with Crippen molar-refractivity contribution in [1.82, 2.24) is 0 Å². The molecule has 0 bridgehead atoms. The van der Waals surface area contributed by atoms with E-state index in [4.69, 9.17) is 15.2 Å². The van der Waals surface area contributed by atoms with Crippen LogP contribution < -0.4 is 20.5 Å². The summed E-state index contributed by atoms with van der Waals surface area (Å²) in [5, 5.41) is 3.13. The first-order valence-corrected chi connectivity index (χ1v) is 9.12. The first-order chi connectivity index (χ1) is 12.7. The first-order valence-electron chi connectivity index (χ1n) is 9.12. The van der Waals surface area contributed by atoms with Gasteiger partial charge in [0.2, 0.25) is 0 Å². The van der Waals surface area contributed by atoms with Crippen molar-refractivity contribution in [2.24, 2.45) is 10.7 Å².